The van der Waals surface area contributed by atoms with Crippen molar-refractivity contribution in [2.24, 2.45) is 17.7 Å². The van der Waals surface area contributed by atoms with Crippen molar-refractivity contribution in [1.82, 2.24) is 5.43 Å². The van der Waals surface area contributed by atoms with Crippen molar-refractivity contribution in [2.75, 3.05) is 13.2 Å². The van der Waals surface area contributed by atoms with Gasteiger partial charge >= 0.3 is 0 Å². The van der Waals surface area contributed by atoms with E-state index in [1.165, 1.54) is 44.9 Å². The third kappa shape index (κ3) is 5.36. The van der Waals surface area contributed by atoms with Crippen LogP contribution < -0.4 is 11.3 Å². The Kier molecular flexibility index (Phi) is 7.82. The van der Waals surface area contributed by atoms with Gasteiger partial charge in [-0.25, -0.2) is 0 Å². The number of ether oxygens (including phenoxy) is 1. The Labute approximate surface area is 106 Å². The summed E-state index contributed by atoms with van der Waals surface area (Å²) in [7, 11) is 0. The lowest BCUT2D eigenvalue weighted by Gasteiger charge is -2.32. The van der Waals surface area contributed by atoms with E-state index >= 15 is 0 Å². The standard InChI is InChI=1S/C14H30N2O/c1-3-5-6-12(4-2)11-14(16-15)13-7-9-17-10-8-13/h12-14,16H,3-11,15H2,1-2H3. The number of hydrogen-bond donors (Lipinski definition) is 2. The molecule has 3 heteroatoms. The van der Waals surface area contributed by atoms with E-state index in [1.54, 1.807) is 0 Å². The Morgan fingerprint density at radius 3 is 2.53 bits per heavy atom. The molecule has 17 heavy (non-hydrogen) atoms. The Balaban J connectivity index is 2.36. The van der Waals surface area contributed by atoms with Crippen LogP contribution in [0.25, 0.3) is 0 Å². The first-order valence-corrected chi connectivity index (χ1v) is 7.35. The smallest absolute Gasteiger partial charge is 0.0469 e. The van der Waals surface area contributed by atoms with Crippen LogP contribution in [-0.4, -0.2) is 19.3 Å². The highest BCUT2D eigenvalue weighted by Gasteiger charge is 2.25. The zero-order chi connectivity index (χ0) is 12.5. The van der Waals surface area contributed by atoms with E-state index in [0.29, 0.717) is 12.0 Å². The molecule has 1 heterocycles. The molecule has 2 unspecified atom stereocenters. The van der Waals surface area contributed by atoms with Crippen LogP contribution in [0.15, 0.2) is 0 Å². The average molecular weight is 242 g/mol. The average Bonchev–Trinajstić information content (AvgIpc) is 2.40. The van der Waals surface area contributed by atoms with Gasteiger partial charge in [0.15, 0.2) is 0 Å². The first-order valence-electron chi connectivity index (χ1n) is 7.35. The predicted molar refractivity (Wildman–Crippen MR) is 72.6 cm³/mol. The van der Waals surface area contributed by atoms with Gasteiger partial charge in [0.25, 0.3) is 0 Å². The van der Waals surface area contributed by atoms with Crippen molar-refractivity contribution in [3.05, 3.63) is 0 Å². The van der Waals surface area contributed by atoms with E-state index in [4.69, 9.17) is 10.6 Å². The molecular formula is C14H30N2O. The van der Waals surface area contributed by atoms with E-state index < -0.39 is 0 Å². The second-order valence-electron chi connectivity index (χ2n) is 5.38. The Morgan fingerprint density at radius 2 is 2.00 bits per heavy atom. The molecule has 0 radical (unpaired) electrons. The maximum absolute atomic E-state index is 5.74. The molecule has 2 atom stereocenters. The molecule has 0 aliphatic carbocycles. The molecule has 0 aromatic rings. The molecule has 1 rings (SSSR count). The third-order valence-electron chi connectivity index (χ3n) is 4.18. The molecule has 0 saturated carbocycles. The van der Waals surface area contributed by atoms with Crippen molar-refractivity contribution < 1.29 is 4.74 Å². The molecule has 0 spiro atoms. The van der Waals surface area contributed by atoms with E-state index in [-0.39, 0.29) is 0 Å². The van der Waals surface area contributed by atoms with Crippen molar-refractivity contribution in [3.8, 4) is 0 Å². The lowest BCUT2D eigenvalue weighted by Crippen LogP contribution is -2.44. The predicted octanol–water partition coefficient (Wildman–Crippen LogP) is 2.85. The zero-order valence-corrected chi connectivity index (χ0v) is 11.6. The van der Waals surface area contributed by atoms with Crippen molar-refractivity contribution in [2.45, 2.75) is 64.8 Å². The van der Waals surface area contributed by atoms with Gasteiger partial charge in [0.05, 0.1) is 0 Å². The fraction of sp³-hybridized carbons (Fsp3) is 1.00. The Morgan fingerprint density at radius 1 is 1.29 bits per heavy atom. The number of hydrogen-bond acceptors (Lipinski definition) is 3. The van der Waals surface area contributed by atoms with Crippen LogP contribution in [0.5, 0.6) is 0 Å². The number of unbranched alkanes of at least 4 members (excludes halogenated alkanes) is 1. The van der Waals surface area contributed by atoms with Crippen LogP contribution in [0.2, 0.25) is 0 Å². The van der Waals surface area contributed by atoms with Crippen LogP contribution in [0, 0.1) is 11.8 Å². The molecule has 0 bridgehead atoms. The second-order valence-corrected chi connectivity index (χ2v) is 5.38. The molecule has 0 amide bonds. The molecule has 1 saturated heterocycles. The van der Waals surface area contributed by atoms with E-state index in [2.05, 4.69) is 19.3 Å². The molecule has 0 aromatic heterocycles. The third-order valence-corrected chi connectivity index (χ3v) is 4.18. The van der Waals surface area contributed by atoms with Gasteiger partial charge in [-0.3, -0.25) is 11.3 Å². The molecule has 1 aliphatic rings. The maximum Gasteiger partial charge on any atom is 0.0469 e. The molecule has 102 valence electrons. The van der Waals surface area contributed by atoms with Crippen LogP contribution in [-0.2, 0) is 4.74 Å². The highest BCUT2D eigenvalue weighted by molar-refractivity contribution is 4.79. The monoisotopic (exact) mass is 242 g/mol. The number of nitrogens with two attached hydrogens (primary N) is 1. The Bertz CT molecular complexity index is 181. The number of rotatable bonds is 8. The minimum atomic E-state index is 0.487. The maximum atomic E-state index is 5.74. The Hall–Kier alpha value is -0.120. The summed E-state index contributed by atoms with van der Waals surface area (Å²) >= 11 is 0. The van der Waals surface area contributed by atoms with Gasteiger partial charge in [-0.1, -0.05) is 39.5 Å². The molecule has 3 N–H and O–H groups in total. The summed E-state index contributed by atoms with van der Waals surface area (Å²) in [4.78, 5) is 0. The normalized spacial score (nSPS) is 21.4. The molecule has 1 fully saturated rings. The van der Waals surface area contributed by atoms with Gasteiger partial charge < -0.3 is 4.74 Å². The van der Waals surface area contributed by atoms with Gasteiger partial charge in [-0.15, -0.1) is 0 Å². The lowest BCUT2D eigenvalue weighted by molar-refractivity contribution is 0.0497. The summed E-state index contributed by atoms with van der Waals surface area (Å²) in [6, 6.07) is 0.487. The summed E-state index contributed by atoms with van der Waals surface area (Å²) in [5.41, 5.74) is 3.06. The molecule has 3 nitrogen and oxygen atoms in total. The summed E-state index contributed by atoms with van der Waals surface area (Å²) in [5.74, 6) is 7.29. The lowest BCUT2D eigenvalue weighted by atomic mass is 9.83. The fourth-order valence-corrected chi connectivity index (χ4v) is 2.86. The first-order chi connectivity index (χ1) is 8.31. The highest BCUT2D eigenvalue weighted by atomic mass is 16.5. The molecule has 0 aromatic carbocycles. The van der Waals surface area contributed by atoms with Crippen molar-refractivity contribution >= 4 is 0 Å². The largest absolute Gasteiger partial charge is 0.381 e. The number of nitrogens with one attached hydrogen (secondary N) is 1. The first kappa shape index (κ1) is 14.9. The van der Waals surface area contributed by atoms with E-state index in [1.807, 2.05) is 0 Å². The van der Waals surface area contributed by atoms with Crippen LogP contribution in [0.3, 0.4) is 0 Å². The number of hydrazine groups is 1. The SMILES string of the molecule is CCCCC(CC)CC(NN)C1CCOCC1. The van der Waals surface area contributed by atoms with Crippen LogP contribution in [0.1, 0.15) is 58.8 Å². The fourth-order valence-electron chi connectivity index (χ4n) is 2.86. The van der Waals surface area contributed by atoms with Gasteiger partial charge in [0, 0.05) is 19.3 Å². The van der Waals surface area contributed by atoms with E-state index in [9.17, 15) is 0 Å². The molecule has 1 aliphatic heterocycles. The summed E-state index contributed by atoms with van der Waals surface area (Å²) in [5, 5.41) is 0. The highest BCUT2D eigenvalue weighted by Crippen LogP contribution is 2.26. The van der Waals surface area contributed by atoms with Crippen LogP contribution >= 0.6 is 0 Å². The minimum Gasteiger partial charge on any atom is -0.381 e. The summed E-state index contributed by atoms with van der Waals surface area (Å²) < 4.78 is 5.42. The minimum absolute atomic E-state index is 0.487. The summed E-state index contributed by atoms with van der Waals surface area (Å²) in [6.07, 6.45) is 8.85. The van der Waals surface area contributed by atoms with Gasteiger partial charge in [-0.05, 0) is 31.1 Å². The van der Waals surface area contributed by atoms with Gasteiger partial charge in [0.1, 0.15) is 0 Å². The van der Waals surface area contributed by atoms with Crippen LogP contribution in [0.4, 0.5) is 0 Å². The van der Waals surface area contributed by atoms with Crippen molar-refractivity contribution in [1.29, 1.82) is 0 Å². The van der Waals surface area contributed by atoms with Crippen molar-refractivity contribution in [3.63, 3.8) is 0 Å². The van der Waals surface area contributed by atoms with Gasteiger partial charge in [0.2, 0.25) is 0 Å². The van der Waals surface area contributed by atoms with E-state index in [0.717, 1.165) is 19.1 Å². The second kappa shape index (κ2) is 8.90. The quantitative estimate of drug-likeness (QED) is 0.508. The van der Waals surface area contributed by atoms with Gasteiger partial charge in [-0.2, -0.15) is 0 Å². The molecular weight excluding hydrogens is 212 g/mol. The zero-order valence-electron chi connectivity index (χ0n) is 11.6. The topological polar surface area (TPSA) is 47.3 Å². The summed E-state index contributed by atoms with van der Waals surface area (Å²) in [6.45, 7) is 6.39.